The number of thiazole rings is 1. The van der Waals surface area contributed by atoms with E-state index in [1.807, 2.05) is 0 Å². The van der Waals surface area contributed by atoms with Crippen LogP contribution >= 0.6 is 35.3 Å². The molecule has 1 fully saturated rings. The number of aromatic nitrogens is 1. The number of hydrogen-bond acceptors (Lipinski definition) is 7. The fourth-order valence-corrected chi connectivity index (χ4v) is 4.29. The van der Waals surface area contributed by atoms with Crippen molar-refractivity contribution >= 4 is 68.5 Å². The highest BCUT2D eigenvalue weighted by Crippen LogP contribution is 2.30. The van der Waals surface area contributed by atoms with Crippen LogP contribution in [0.5, 0.6) is 0 Å². The minimum atomic E-state index is -1.23. The van der Waals surface area contributed by atoms with Gasteiger partial charge in [-0.15, -0.1) is 11.3 Å². The van der Waals surface area contributed by atoms with E-state index in [-0.39, 0.29) is 13.9 Å². The number of aliphatic carboxylic acids is 2. The number of carbonyl (C=O) groups is 3. The molecular weight excluding hydrogens is 364 g/mol. The van der Waals surface area contributed by atoms with Crippen molar-refractivity contribution in [3.63, 3.8) is 0 Å². The van der Waals surface area contributed by atoms with E-state index in [0.717, 1.165) is 32.6 Å². The van der Waals surface area contributed by atoms with Gasteiger partial charge < -0.3 is 10.2 Å². The Kier molecular flexibility index (Phi) is 5.02. The zero-order chi connectivity index (χ0) is 17.3. The van der Waals surface area contributed by atoms with Crippen molar-refractivity contribution in [2.75, 3.05) is 6.54 Å². The first-order chi connectivity index (χ1) is 10.8. The van der Waals surface area contributed by atoms with E-state index in [1.54, 1.807) is 6.92 Å². The van der Waals surface area contributed by atoms with Gasteiger partial charge >= 0.3 is 11.9 Å². The van der Waals surface area contributed by atoms with Gasteiger partial charge in [0.2, 0.25) is 0 Å². The number of amides is 1. The molecule has 0 radical (unpaired) electrons. The number of carboxylic acid groups (broad SMARTS) is 2. The maximum Gasteiger partial charge on any atom is 0.323 e. The molecule has 1 aromatic heterocycles. The third-order valence-corrected chi connectivity index (χ3v) is 5.61. The molecular formula is C12H10N2O6S3. The first-order valence-electron chi connectivity index (χ1n) is 6.13. The summed E-state index contributed by atoms with van der Waals surface area (Å²) in [5.74, 6) is -3.10. The summed E-state index contributed by atoms with van der Waals surface area (Å²) >= 11 is 6.82. The second-order valence-electron chi connectivity index (χ2n) is 4.33. The molecule has 1 saturated heterocycles. The number of thiocarbonyl (C=S) groups is 1. The lowest BCUT2D eigenvalue weighted by Crippen LogP contribution is -2.36. The molecule has 1 amide bonds. The molecule has 0 unspecified atom stereocenters. The summed E-state index contributed by atoms with van der Waals surface area (Å²) < 4.78 is 1.49. The number of thioether (sulfide) groups is 1. The molecule has 8 nitrogen and oxygen atoms in total. The zero-order valence-electron chi connectivity index (χ0n) is 11.6. The predicted octanol–water partition coefficient (Wildman–Crippen LogP) is -1.15. The second kappa shape index (κ2) is 6.64. The van der Waals surface area contributed by atoms with E-state index < -0.39 is 36.5 Å². The minimum Gasteiger partial charge on any atom is -0.480 e. The lowest BCUT2D eigenvalue weighted by Gasteiger charge is -2.10. The first kappa shape index (κ1) is 17.4. The highest BCUT2D eigenvalue weighted by Gasteiger charge is 2.35. The molecule has 0 aliphatic carbocycles. The van der Waals surface area contributed by atoms with Crippen molar-refractivity contribution in [1.29, 1.82) is 0 Å². The van der Waals surface area contributed by atoms with Crippen LogP contribution in [-0.2, 0) is 20.9 Å². The highest BCUT2D eigenvalue weighted by molar-refractivity contribution is 8.30. The Morgan fingerprint density at radius 1 is 1.22 bits per heavy atom. The van der Waals surface area contributed by atoms with Crippen LogP contribution in [0.4, 0.5) is 0 Å². The van der Waals surface area contributed by atoms with Crippen LogP contribution in [0.1, 0.15) is 6.92 Å². The van der Waals surface area contributed by atoms with Crippen LogP contribution in [0.3, 0.4) is 0 Å². The Hall–Kier alpha value is -1.98. The van der Waals surface area contributed by atoms with Crippen LogP contribution in [0.25, 0.3) is 11.0 Å². The molecule has 2 rings (SSSR count). The fourth-order valence-electron chi connectivity index (χ4n) is 1.86. The molecule has 122 valence electrons. The van der Waals surface area contributed by atoms with E-state index >= 15 is 0 Å². The summed E-state index contributed by atoms with van der Waals surface area (Å²) in [4.78, 5) is 47.2. The molecule has 2 heterocycles. The summed E-state index contributed by atoms with van der Waals surface area (Å²) in [7, 11) is 0. The zero-order valence-corrected chi connectivity index (χ0v) is 14.1. The summed E-state index contributed by atoms with van der Waals surface area (Å²) in [5.41, 5.74) is -0.515. The molecule has 0 atom stereocenters. The van der Waals surface area contributed by atoms with Gasteiger partial charge in [-0.25, -0.2) is 0 Å². The molecule has 0 saturated carbocycles. The van der Waals surface area contributed by atoms with E-state index in [0.29, 0.717) is 4.53 Å². The van der Waals surface area contributed by atoms with Crippen LogP contribution < -0.4 is 14.8 Å². The molecule has 1 aromatic rings. The SMILES string of the molecule is C/C=c1/s/c(=C2\SC(=S)N(CC(=O)O)C2=O)n(CC(=O)O)c1=O. The van der Waals surface area contributed by atoms with Crippen molar-refractivity contribution in [3.05, 3.63) is 19.5 Å². The smallest absolute Gasteiger partial charge is 0.323 e. The van der Waals surface area contributed by atoms with Gasteiger partial charge in [-0.1, -0.05) is 30.1 Å². The van der Waals surface area contributed by atoms with Crippen LogP contribution in [0.2, 0.25) is 0 Å². The number of rotatable bonds is 4. The minimum absolute atomic E-state index is 0.0529. The maximum atomic E-state index is 12.3. The summed E-state index contributed by atoms with van der Waals surface area (Å²) in [6.45, 7) is 0.439. The van der Waals surface area contributed by atoms with Gasteiger partial charge in [-0.05, 0) is 6.92 Å². The highest BCUT2D eigenvalue weighted by atomic mass is 32.2. The average molecular weight is 374 g/mol. The Morgan fingerprint density at radius 2 is 1.83 bits per heavy atom. The van der Waals surface area contributed by atoms with E-state index in [4.69, 9.17) is 22.4 Å². The number of carbonyl (C=O) groups excluding carboxylic acids is 1. The van der Waals surface area contributed by atoms with E-state index in [2.05, 4.69) is 0 Å². The lowest BCUT2D eigenvalue weighted by molar-refractivity contribution is -0.140. The average Bonchev–Trinajstić information content (AvgIpc) is 2.90. The Morgan fingerprint density at radius 3 is 2.35 bits per heavy atom. The predicted molar refractivity (Wildman–Crippen MR) is 88.5 cm³/mol. The number of nitrogens with zero attached hydrogens (tertiary/aromatic N) is 2. The molecule has 2 N–H and O–H groups in total. The largest absolute Gasteiger partial charge is 0.480 e. The molecule has 0 bridgehead atoms. The lowest BCUT2D eigenvalue weighted by atomic mass is 10.4. The quantitative estimate of drug-likeness (QED) is 0.635. The van der Waals surface area contributed by atoms with Gasteiger partial charge in [0.1, 0.15) is 27.0 Å². The normalized spacial score (nSPS) is 18.0. The molecule has 0 spiro atoms. The summed E-state index contributed by atoms with van der Waals surface area (Å²) in [5, 5.41) is 17.8. The van der Waals surface area contributed by atoms with Gasteiger partial charge in [-0.2, -0.15) is 0 Å². The van der Waals surface area contributed by atoms with Crippen LogP contribution in [0, 0.1) is 0 Å². The van der Waals surface area contributed by atoms with Gasteiger partial charge in [0.25, 0.3) is 11.5 Å². The van der Waals surface area contributed by atoms with Crippen molar-refractivity contribution < 1.29 is 24.6 Å². The Bertz CT molecular complexity index is 897. The number of carboxylic acids is 2. The summed E-state index contributed by atoms with van der Waals surface area (Å²) in [6.07, 6.45) is 1.52. The summed E-state index contributed by atoms with van der Waals surface area (Å²) in [6, 6.07) is 0. The van der Waals surface area contributed by atoms with Crippen molar-refractivity contribution in [2.45, 2.75) is 13.5 Å². The van der Waals surface area contributed by atoms with Gasteiger partial charge in [-0.3, -0.25) is 28.6 Å². The molecule has 1 aliphatic heterocycles. The molecule has 11 heteroatoms. The standard InChI is InChI=1S/C12H10N2O6S3/c1-2-5-9(19)13(3-6(15)16)11(22-5)8-10(20)14(4-7(17)18)12(21)23-8/h2H,3-4H2,1H3,(H,15,16)(H,17,18)/b5-2+,11-8-. The molecule has 1 aliphatic rings. The maximum absolute atomic E-state index is 12.3. The third-order valence-electron chi connectivity index (χ3n) is 2.80. The second-order valence-corrected chi connectivity index (χ2v) is 7.00. The van der Waals surface area contributed by atoms with Crippen molar-refractivity contribution in [3.8, 4) is 0 Å². The molecule has 23 heavy (non-hydrogen) atoms. The topological polar surface area (TPSA) is 117 Å². The van der Waals surface area contributed by atoms with Gasteiger partial charge in [0.05, 0.1) is 4.53 Å². The van der Waals surface area contributed by atoms with Gasteiger partial charge in [0.15, 0.2) is 0 Å². The Balaban J connectivity index is 2.69. The first-order valence-corrected chi connectivity index (χ1v) is 8.18. The van der Waals surface area contributed by atoms with Crippen molar-refractivity contribution in [2.24, 2.45) is 0 Å². The fraction of sp³-hybridized carbons (Fsp3) is 0.250. The Labute approximate surface area is 142 Å². The third kappa shape index (κ3) is 3.35. The van der Waals surface area contributed by atoms with Crippen molar-refractivity contribution in [1.82, 2.24) is 9.47 Å². The monoisotopic (exact) mass is 374 g/mol. The molecule has 0 aromatic carbocycles. The van der Waals surface area contributed by atoms with E-state index in [9.17, 15) is 19.2 Å². The number of hydrogen-bond donors (Lipinski definition) is 2. The van der Waals surface area contributed by atoms with Crippen LogP contribution in [0.15, 0.2) is 4.79 Å². The van der Waals surface area contributed by atoms with E-state index in [1.165, 1.54) is 6.08 Å². The van der Waals surface area contributed by atoms with Gasteiger partial charge in [0, 0.05) is 0 Å². The van der Waals surface area contributed by atoms with Crippen LogP contribution in [-0.4, -0.2) is 48.4 Å².